The molecule has 0 N–H and O–H groups in total. The van der Waals surface area contributed by atoms with Gasteiger partial charge in [-0.3, -0.25) is 0 Å². The third-order valence-electron chi connectivity index (χ3n) is 1.98. The lowest BCUT2D eigenvalue weighted by molar-refractivity contribution is 0.0968. The summed E-state index contributed by atoms with van der Waals surface area (Å²) in [5.74, 6) is 0. The third-order valence-corrected chi connectivity index (χ3v) is 2.41. The zero-order valence-electron chi connectivity index (χ0n) is 6.84. The highest BCUT2D eigenvalue weighted by Gasteiger charge is 2.16. The third kappa shape index (κ3) is 3.14. The Hall–Kier alpha value is -0.180. The lowest BCUT2D eigenvalue weighted by Gasteiger charge is -2.20. The van der Waals surface area contributed by atoms with Crippen LogP contribution < -0.4 is 0 Å². The minimum Gasteiger partial charge on any atom is -0.454 e. The summed E-state index contributed by atoms with van der Waals surface area (Å²) in [7, 11) is 0. The van der Waals surface area contributed by atoms with Gasteiger partial charge in [0.15, 0.2) is 0 Å². The normalized spacial score (nSPS) is 19.7. The predicted molar refractivity (Wildman–Crippen MR) is 46.9 cm³/mol. The van der Waals surface area contributed by atoms with Gasteiger partial charge in [-0.1, -0.05) is 6.42 Å². The van der Waals surface area contributed by atoms with Gasteiger partial charge in [-0.05, 0) is 43.7 Å². The summed E-state index contributed by atoms with van der Waals surface area (Å²) in [6.07, 6.45) is 7.82. The standard InChI is InChI=1S/C8H14O2S/c1-11-8(9)10-7-5-3-2-4-6-7/h7H,2-6H2,1H3. The van der Waals surface area contributed by atoms with Crippen LogP contribution in [-0.4, -0.2) is 17.7 Å². The number of hydrogen-bond donors (Lipinski definition) is 0. The van der Waals surface area contributed by atoms with E-state index in [1.54, 1.807) is 6.26 Å². The fourth-order valence-electron chi connectivity index (χ4n) is 1.37. The second-order valence-electron chi connectivity index (χ2n) is 2.83. The highest BCUT2D eigenvalue weighted by Crippen LogP contribution is 2.21. The van der Waals surface area contributed by atoms with Crippen LogP contribution in [0.25, 0.3) is 0 Å². The number of thioether (sulfide) groups is 1. The van der Waals surface area contributed by atoms with Crippen molar-refractivity contribution in [3.05, 3.63) is 0 Å². The van der Waals surface area contributed by atoms with Gasteiger partial charge in [0.2, 0.25) is 0 Å². The Morgan fingerprint density at radius 3 is 2.55 bits per heavy atom. The predicted octanol–water partition coefficient (Wildman–Crippen LogP) is 2.82. The molecule has 1 aliphatic rings. The average molecular weight is 174 g/mol. The highest BCUT2D eigenvalue weighted by atomic mass is 32.2. The van der Waals surface area contributed by atoms with Crippen LogP contribution >= 0.6 is 11.8 Å². The first-order valence-electron chi connectivity index (χ1n) is 4.07. The molecule has 0 aliphatic heterocycles. The van der Waals surface area contributed by atoms with E-state index in [0.717, 1.165) is 24.6 Å². The van der Waals surface area contributed by atoms with Crippen LogP contribution in [0.1, 0.15) is 32.1 Å². The lowest BCUT2D eigenvalue weighted by Crippen LogP contribution is -2.18. The summed E-state index contributed by atoms with van der Waals surface area (Å²) < 4.78 is 5.16. The molecule has 1 aliphatic carbocycles. The number of hydrogen-bond acceptors (Lipinski definition) is 3. The molecule has 64 valence electrons. The molecule has 0 bridgehead atoms. The van der Waals surface area contributed by atoms with E-state index in [1.807, 2.05) is 0 Å². The van der Waals surface area contributed by atoms with E-state index < -0.39 is 0 Å². The molecule has 1 fully saturated rings. The Labute approximate surface area is 71.7 Å². The molecular weight excluding hydrogens is 160 g/mol. The first kappa shape index (κ1) is 8.91. The van der Waals surface area contributed by atoms with Crippen molar-refractivity contribution in [2.45, 2.75) is 38.2 Å². The van der Waals surface area contributed by atoms with Crippen LogP contribution in [0.2, 0.25) is 0 Å². The maximum absolute atomic E-state index is 10.8. The van der Waals surface area contributed by atoms with Crippen LogP contribution in [-0.2, 0) is 4.74 Å². The second-order valence-corrected chi connectivity index (χ2v) is 3.57. The molecule has 2 nitrogen and oxygen atoms in total. The SMILES string of the molecule is CSC(=O)OC1CCCCC1. The molecule has 0 aromatic heterocycles. The number of carbonyl (C=O) groups excluding carboxylic acids is 1. The van der Waals surface area contributed by atoms with Crippen LogP contribution in [0.5, 0.6) is 0 Å². The molecule has 0 atom stereocenters. The number of ether oxygens (including phenoxy) is 1. The lowest BCUT2D eigenvalue weighted by atomic mass is 9.98. The van der Waals surface area contributed by atoms with Crippen molar-refractivity contribution in [2.24, 2.45) is 0 Å². The molecule has 0 aromatic rings. The van der Waals surface area contributed by atoms with Gasteiger partial charge in [-0.25, -0.2) is 4.79 Å². The Kier molecular flexibility index (Phi) is 3.77. The zero-order chi connectivity index (χ0) is 8.10. The minimum absolute atomic E-state index is 0.128. The van der Waals surface area contributed by atoms with Crippen molar-refractivity contribution in [3.63, 3.8) is 0 Å². The molecule has 1 rings (SSSR count). The van der Waals surface area contributed by atoms with Gasteiger partial charge in [0.05, 0.1) is 0 Å². The highest BCUT2D eigenvalue weighted by molar-refractivity contribution is 8.12. The summed E-state index contributed by atoms with van der Waals surface area (Å²) in [4.78, 5) is 10.8. The van der Waals surface area contributed by atoms with Crippen LogP contribution in [0.4, 0.5) is 4.79 Å². The topological polar surface area (TPSA) is 26.3 Å². The van der Waals surface area contributed by atoms with Crippen molar-refractivity contribution >= 4 is 17.1 Å². The number of rotatable bonds is 1. The van der Waals surface area contributed by atoms with Crippen LogP contribution in [0.3, 0.4) is 0 Å². The summed E-state index contributed by atoms with van der Waals surface area (Å²) in [6, 6.07) is 0. The average Bonchev–Trinajstić information content (AvgIpc) is 2.06. The molecule has 11 heavy (non-hydrogen) atoms. The van der Waals surface area contributed by atoms with Crippen LogP contribution in [0.15, 0.2) is 0 Å². The Morgan fingerprint density at radius 2 is 2.00 bits per heavy atom. The summed E-state index contributed by atoms with van der Waals surface area (Å²) in [5, 5.41) is -0.128. The summed E-state index contributed by atoms with van der Waals surface area (Å²) >= 11 is 1.16. The zero-order valence-corrected chi connectivity index (χ0v) is 7.65. The maximum atomic E-state index is 10.8. The molecule has 1 saturated carbocycles. The smallest absolute Gasteiger partial charge is 0.367 e. The molecule has 3 heteroatoms. The van der Waals surface area contributed by atoms with E-state index in [1.165, 1.54) is 19.3 Å². The first-order chi connectivity index (χ1) is 5.33. The van der Waals surface area contributed by atoms with Gasteiger partial charge in [0.25, 0.3) is 0 Å². The Balaban J connectivity index is 2.19. The quantitative estimate of drug-likeness (QED) is 0.572. The monoisotopic (exact) mass is 174 g/mol. The number of carbonyl (C=O) groups is 1. The molecule has 0 heterocycles. The second kappa shape index (κ2) is 4.65. The largest absolute Gasteiger partial charge is 0.454 e. The fourth-order valence-corrected chi connectivity index (χ4v) is 1.60. The molecule has 0 radical (unpaired) electrons. The van der Waals surface area contributed by atoms with E-state index in [9.17, 15) is 4.79 Å². The fraction of sp³-hybridized carbons (Fsp3) is 0.875. The van der Waals surface area contributed by atoms with Crippen molar-refractivity contribution in [2.75, 3.05) is 6.26 Å². The van der Waals surface area contributed by atoms with Crippen molar-refractivity contribution in [1.29, 1.82) is 0 Å². The van der Waals surface area contributed by atoms with Crippen molar-refractivity contribution in [1.82, 2.24) is 0 Å². The van der Waals surface area contributed by atoms with Crippen LogP contribution in [0, 0.1) is 0 Å². The van der Waals surface area contributed by atoms with E-state index in [0.29, 0.717) is 0 Å². The molecule has 0 amide bonds. The van der Waals surface area contributed by atoms with E-state index in [4.69, 9.17) is 4.74 Å². The first-order valence-corrected chi connectivity index (χ1v) is 5.30. The summed E-state index contributed by atoms with van der Waals surface area (Å²) in [5.41, 5.74) is 0. The van der Waals surface area contributed by atoms with E-state index >= 15 is 0 Å². The summed E-state index contributed by atoms with van der Waals surface area (Å²) in [6.45, 7) is 0. The van der Waals surface area contributed by atoms with Gasteiger partial charge >= 0.3 is 5.30 Å². The Bertz CT molecular complexity index is 130. The maximum Gasteiger partial charge on any atom is 0.367 e. The molecular formula is C8H14O2S. The Morgan fingerprint density at radius 1 is 1.36 bits per heavy atom. The van der Waals surface area contributed by atoms with E-state index in [2.05, 4.69) is 0 Å². The van der Waals surface area contributed by atoms with Crippen molar-refractivity contribution in [3.8, 4) is 0 Å². The molecule has 0 unspecified atom stereocenters. The van der Waals surface area contributed by atoms with Gasteiger partial charge in [0.1, 0.15) is 6.10 Å². The molecule has 0 saturated heterocycles. The minimum atomic E-state index is -0.128. The molecule has 0 aromatic carbocycles. The van der Waals surface area contributed by atoms with Gasteiger partial charge in [-0.15, -0.1) is 0 Å². The van der Waals surface area contributed by atoms with Gasteiger partial charge in [-0.2, -0.15) is 0 Å². The van der Waals surface area contributed by atoms with Gasteiger partial charge < -0.3 is 4.74 Å². The van der Waals surface area contributed by atoms with Crippen molar-refractivity contribution < 1.29 is 9.53 Å². The van der Waals surface area contributed by atoms with Gasteiger partial charge in [0, 0.05) is 0 Å². The van der Waals surface area contributed by atoms with E-state index in [-0.39, 0.29) is 11.4 Å². The molecule has 0 spiro atoms.